The summed E-state index contributed by atoms with van der Waals surface area (Å²) in [6.45, 7) is 3.58. The molecule has 1 rings (SSSR count). The Kier molecular flexibility index (Phi) is 13.4. The number of benzene rings is 1. The third-order valence-electron chi connectivity index (χ3n) is 4.48. The van der Waals surface area contributed by atoms with Gasteiger partial charge in [-0.3, -0.25) is 24.6 Å². The van der Waals surface area contributed by atoms with E-state index in [2.05, 4.69) is 10.6 Å². The maximum absolute atomic E-state index is 12.9. The number of amides is 3. The number of hydrogen-bond donors (Lipinski definition) is 4. The first-order valence-electron chi connectivity index (χ1n) is 10.9. The third-order valence-corrected chi connectivity index (χ3v) is 4.48. The summed E-state index contributed by atoms with van der Waals surface area (Å²) in [5.41, 5.74) is 2.66. The molecule has 0 saturated heterocycles. The highest BCUT2D eigenvalue weighted by Gasteiger charge is 2.28. The summed E-state index contributed by atoms with van der Waals surface area (Å²) in [4.78, 5) is 60.6. The molecule has 0 bridgehead atoms. The summed E-state index contributed by atoms with van der Waals surface area (Å²) in [6, 6.07) is 6.51. The largest absolute Gasteiger partial charge is 0.466 e. The lowest BCUT2D eigenvalue weighted by Crippen LogP contribution is -2.55. The molecule has 0 radical (unpaired) electrons. The van der Waals surface area contributed by atoms with Gasteiger partial charge in [0.25, 0.3) is 5.91 Å². The number of carbonyl (C=O) groups excluding carboxylic acids is 5. The molecule has 0 spiro atoms. The van der Waals surface area contributed by atoms with Crippen molar-refractivity contribution in [3.63, 3.8) is 0 Å². The van der Waals surface area contributed by atoms with Crippen molar-refractivity contribution in [1.82, 2.24) is 16.1 Å². The fraction of sp³-hybridized carbons (Fsp3) is 0.500. The Hall–Kier alpha value is -3.67. The molecule has 1 aromatic carbocycles. The van der Waals surface area contributed by atoms with Gasteiger partial charge in [0.2, 0.25) is 5.91 Å². The fourth-order valence-corrected chi connectivity index (χ4v) is 2.81. The van der Waals surface area contributed by atoms with Gasteiger partial charge in [0, 0.05) is 12.8 Å². The van der Waals surface area contributed by atoms with Crippen LogP contribution in [0.15, 0.2) is 30.3 Å². The number of ether oxygens (including phenoxy) is 3. The zero-order valence-corrected chi connectivity index (χ0v) is 19.3. The summed E-state index contributed by atoms with van der Waals surface area (Å²) in [7, 11) is 0. The molecule has 0 fully saturated rings. The van der Waals surface area contributed by atoms with Crippen LogP contribution in [0.2, 0.25) is 0 Å². The van der Waals surface area contributed by atoms with E-state index in [1.807, 2.05) is 11.5 Å². The molecule has 2 atom stereocenters. The van der Waals surface area contributed by atoms with E-state index in [9.17, 15) is 24.0 Å². The van der Waals surface area contributed by atoms with Gasteiger partial charge in [0.1, 0.15) is 18.7 Å². The Morgan fingerprint density at radius 2 is 1.32 bits per heavy atom. The normalized spacial score (nSPS) is 12.0. The van der Waals surface area contributed by atoms with Crippen LogP contribution in [-0.4, -0.2) is 55.1 Å². The molecule has 0 unspecified atom stereocenters. The van der Waals surface area contributed by atoms with E-state index in [1.54, 1.807) is 38.1 Å². The fourth-order valence-electron chi connectivity index (χ4n) is 2.81. The SMILES string of the molecule is CCOC(=O)CC[C@H](NC(=O)[C@@H](CCC(=O)OCC)NC(=O)OCc1ccccc1)C(=O)NN. The zero-order chi connectivity index (χ0) is 25.3. The predicted molar refractivity (Wildman–Crippen MR) is 120 cm³/mol. The monoisotopic (exact) mass is 480 g/mol. The quantitative estimate of drug-likeness (QED) is 0.0968. The summed E-state index contributed by atoms with van der Waals surface area (Å²) in [6.07, 6.45) is -1.40. The van der Waals surface area contributed by atoms with Crippen LogP contribution in [0.3, 0.4) is 0 Å². The molecule has 12 nitrogen and oxygen atoms in total. The second-order valence-corrected chi connectivity index (χ2v) is 7.02. The number of nitrogens with two attached hydrogens (primary N) is 1. The van der Waals surface area contributed by atoms with Gasteiger partial charge >= 0.3 is 18.0 Å². The van der Waals surface area contributed by atoms with E-state index in [1.165, 1.54) is 0 Å². The molecule has 34 heavy (non-hydrogen) atoms. The van der Waals surface area contributed by atoms with E-state index >= 15 is 0 Å². The highest BCUT2D eigenvalue weighted by Crippen LogP contribution is 2.06. The van der Waals surface area contributed by atoms with Crippen LogP contribution in [0, 0.1) is 0 Å². The Morgan fingerprint density at radius 3 is 1.82 bits per heavy atom. The smallest absolute Gasteiger partial charge is 0.408 e. The van der Waals surface area contributed by atoms with Gasteiger partial charge in [-0.2, -0.15) is 0 Å². The summed E-state index contributed by atoms with van der Waals surface area (Å²) in [5, 5.41) is 4.84. The van der Waals surface area contributed by atoms with Crippen LogP contribution >= 0.6 is 0 Å². The second kappa shape index (κ2) is 16.0. The molecular formula is C22H32N4O8. The molecule has 5 N–H and O–H groups in total. The predicted octanol–water partition coefficient (Wildman–Crippen LogP) is 0.443. The highest BCUT2D eigenvalue weighted by molar-refractivity contribution is 5.91. The standard InChI is InChI=1S/C22H32N4O8/c1-3-32-18(27)12-10-16(25-22(31)34-14-15-8-6-5-7-9-15)20(29)24-17(21(30)26-23)11-13-19(28)33-4-2/h5-9,16-17H,3-4,10-14,23H2,1-2H3,(H,24,29)(H,25,31)(H,26,30)/t16-,17+/m1/s1. The van der Waals surface area contributed by atoms with Crippen molar-refractivity contribution in [1.29, 1.82) is 0 Å². The van der Waals surface area contributed by atoms with Gasteiger partial charge in [-0.25, -0.2) is 10.6 Å². The Labute approximate surface area is 197 Å². The molecule has 0 heterocycles. The molecule has 0 aliphatic heterocycles. The highest BCUT2D eigenvalue weighted by atomic mass is 16.5. The van der Waals surface area contributed by atoms with Crippen molar-refractivity contribution in [3.05, 3.63) is 35.9 Å². The van der Waals surface area contributed by atoms with Crippen LogP contribution in [0.1, 0.15) is 45.1 Å². The molecule has 188 valence electrons. The average molecular weight is 481 g/mol. The Balaban J connectivity index is 2.82. The molecule has 12 heteroatoms. The molecule has 1 aromatic rings. The number of nitrogens with one attached hydrogen (secondary N) is 3. The van der Waals surface area contributed by atoms with Gasteiger partial charge in [-0.1, -0.05) is 30.3 Å². The molecule has 0 aliphatic carbocycles. The number of hydrogen-bond acceptors (Lipinski definition) is 9. The topological polar surface area (TPSA) is 175 Å². The first-order valence-corrected chi connectivity index (χ1v) is 10.9. The van der Waals surface area contributed by atoms with Crippen LogP contribution in [-0.2, 0) is 40.0 Å². The lowest BCUT2D eigenvalue weighted by atomic mass is 10.1. The first kappa shape index (κ1) is 28.4. The van der Waals surface area contributed by atoms with Gasteiger partial charge in [-0.15, -0.1) is 0 Å². The average Bonchev–Trinajstić information content (AvgIpc) is 2.83. The summed E-state index contributed by atoms with van der Waals surface area (Å²) >= 11 is 0. The first-order chi connectivity index (χ1) is 16.3. The third kappa shape index (κ3) is 11.3. The lowest BCUT2D eigenvalue weighted by Gasteiger charge is -2.22. The van der Waals surface area contributed by atoms with Gasteiger partial charge in [0.15, 0.2) is 0 Å². The molecule has 0 saturated carbocycles. The number of carbonyl (C=O) groups is 5. The van der Waals surface area contributed by atoms with E-state index in [4.69, 9.17) is 20.1 Å². The van der Waals surface area contributed by atoms with E-state index in [0.29, 0.717) is 0 Å². The summed E-state index contributed by atoms with van der Waals surface area (Å²) < 4.78 is 14.8. The van der Waals surface area contributed by atoms with Crippen molar-refractivity contribution < 1.29 is 38.2 Å². The lowest BCUT2D eigenvalue weighted by molar-refractivity contribution is -0.145. The van der Waals surface area contributed by atoms with Crippen molar-refractivity contribution in [2.75, 3.05) is 13.2 Å². The van der Waals surface area contributed by atoms with Crippen LogP contribution in [0.4, 0.5) is 4.79 Å². The Bertz CT molecular complexity index is 818. The number of rotatable bonds is 14. The minimum Gasteiger partial charge on any atom is -0.466 e. The van der Waals surface area contributed by atoms with Gasteiger partial charge in [0.05, 0.1) is 13.2 Å². The van der Waals surface area contributed by atoms with Gasteiger partial charge < -0.3 is 24.8 Å². The Morgan fingerprint density at radius 1 is 0.794 bits per heavy atom. The number of alkyl carbamates (subject to hydrolysis) is 1. The number of hydrazine groups is 1. The van der Waals surface area contributed by atoms with E-state index in [0.717, 1.165) is 5.56 Å². The van der Waals surface area contributed by atoms with Crippen molar-refractivity contribution in [3.8, 4) is 0 Å². The zero-order valence-electron chi connectivity index (χ0n) is 19.3. The van der Waals surface area contributed by atoms with Crippen molar-refractivity contribution in [2.45, 2.75) is 58.2 Å². The molecule has 0 aliphatic rings. The van der Waals surface area contributed by atoms with E-state index < -0.39 is 41.9 Å². The second-order valence-electron chi connectivity index (χ2n) is 7.02. The molecular weight excluding hydrogens is 448 g/mol. The molecule has 3 amide bonds. The number of esters is 2. The van der Waals surface area contributed by atoms with Crippen LogP contribution in [0.5, 0.6) is 0 Å². The minimum absolute atomic E-state index is 0.0311. The minimum atomic E-state index is -1.22. The van der Waals surface area contributed by atoms with Crippen molar-refractivity contribution >= 4 is 29.8 Å². The molecule has 0 aromatic heterocycles. The van der Waals surface area contributed by atoms with Crippen LogP contribution < -0.4 is 21.9 Å². The van der Waals surface area contributed by atoms with Gasteiger partial charge in [-0.05, 0) is 32.3 Å². The maximum Gasteiger partial charge on any atom is 0.408 e. The maximum atomic E-state index is 12.9. The van der Waals surface area contributed by atoms with E-state index in [-0.39, 0.29) is 45.5 Å². The van der Waals surface area contributed by atoms with Crippen molar-refractivity contribution in [2.24, 2.45) is 5.84 Å². The van der Waals surface area contributed by atoms with Crippen LogP contribution in [0.25, 0.3) is 0 Å². The summed E-state index contributed by atoms with van der Waals surface area (Å²) in [5.74, 6) is 2.57.